The normalized spacial score (nSPS) is 10.7. The molecule has 7 heteroatoms. The number of hydrogen-bond donors (Lipinski definition) is 1. The molecule has 0 saturated carbocycles. The Morgan fingerprint density at radius 3 is 2.70 bits per heavy atom. The molecule has 3 rings (SSSR count). The molecule has 3 aromatic rings. The van der Waals surface area contributed by atoms with E-state index in [1.165, 1.54) is 11.8 Å². The van der Waals surface area contributed by atoms with Crippen molar-refractivity contribution in [3.8, 4) is 5.75 Å². The second-order valence-corrected chi connectivity index (χ2v) is 7.13. The highest BCUT2D eigenvalue weighted by Crippen LogP contribution is 2.21. The van der Waals surface area contributed by atoms with E-state index in [2.05, 4.69) is 10.2 Å². The van der Waals surface area contributed by atoms with Crippen LogP contribution in [0.25, 0.3) is 0 Å². The minimum Gasteiger partial charge on any atom is -0.486 e. The third-order valence-electron chi connectivity index (χ3n) is 3.88. The molecule has 2 aromatic carbocycles. The van der Waals surface area contributed by atoms with Crippen LogP contribution in [0, 0.1) is 6.92 Å². The molecule has 0 atom stereocenters. The van der Waals surface area contributed by atoms with Crippen LogP contribution in [-0.2, 0) is 17.9 Å². The summed E-state index contributed by atoms with van der Waals surface area (Å²) >= 11 is 1.39. The van der Waals surface area contributed by atoms with Crippen LogP contribution in [0.2, 0.25) is 0 Å². The van der Waals surface area contributed by atoms with Gasteiger partial charge in [0.2, 0.25) is 0 Å². The largest absolute Gasteiger partial charge is 0.486 e. The number of carboxylic acid groups (broad SMARTS) is 1. The van der Waals surface area contributed by atoms with Crippen LogP contribution >= 0.6 is 11.8 Å². The Hall–Kier alpha value is -2.80. The van der Waals surface area contributed by atoms with Crippen molar-refractivity contribution in [2.75, 3.05) is 5.75 Å². The number of carboxylic acids is 1. The molecule has 0 aliphatic carbocycles. The Balaban J connectivity index is 1.77. The summed E-state index contributed by atoms with van der Waals surface area (Å²) < 4.78 is 7.86. The van der Waals surface area contributed by atoms with E-state index in [4.69, 9.17) is 9.84 Å². The number of rotatable bonds is 9. The van der Waals surface area contributed by atoms with Crippen LogP contribution in [0.15, 0.2) is 59.8 Å². The number of aromatic nitrogens is 3. The fourth-order valence-electron chi connectivity index (χ4n) is 2.54. The molecule has 140 valence electrons. The Morgan fingerprint density at radius 2 is 1.96 bits per heavy atom. The lowest BCUT2D eigenvalue weighted by Crippen LogP contribution is -2.10. The van der Waals surface area contributed by atoms with Gasteiger partial charge in [-0.15, -0.1) is 10.2 Å². The SMILES string of the molecule is Cc1cccc(OCc2nnc(SCCC(=O)O)n2Cc2ccccc2)c1. The van der Waals surface area contributed by atoms with Crippen molar-refractivity contribution in [3.63, 3.8) is 0 Å². The van der Waals surface area contributed by atoms with Crippen LogP contribution in [0.1, 0.15) is 23.4 Å². The molecular formula is C20H21N3O3S. The summed E-state index contributed by atoms with van der Waals surface area (Å²) in [6.07, 6.45) is 0.0813. The zero-order chi connectivity index (χ0) is 19.1. The number of aryl methyl sites for hydroxylation is 1. The molecule has 1 heterocycles. The zero-order valence-corrected chi connectivity index (χ0v) is 15.9. The molecule has 0 fully saturated rings. The highest BCUT2D eigenvalue weighted by Gasteiger charge is 2.14. The van der Waals surface area contributed by atoms with E-state index in [0.29, 0.717) is 29.9 Å². The molecule has 0 radical (unpaired) electrons. The lowest BCUT2D eigenvalue weighted by atomic mass is 10.2. The average molecular weight is 383 g/mol. The molecule has 0 bridgehead atoms. The predicted octanol–water partition coefficient (Wildman–Crippen LogP) is 3.78. The topological polar surface area (TPSA) is 77.2 Å². The summed E-state index contributed by atoms with van der Waals surface area (Å²) in [6.45, 7) is 2.92. The summed E-state index contributed by atoms with van der Waals surface area (Å²) in [5.41, 5.74) is 2.25. The smallest absolute Gasteiger partial charge is 0.304 e. The zero-order valence-electron chi connectivity index (χ0n) is 15.0. The Kier molecular flexibility index (Phi) is 6.49. The Morgan fingerprint density at radius 1 is 1.15 bits per heavy atom. The van der Waals surface area contributed by atoms with Gasteiger partial charge in [0.05, 0.1) is 13.0 Å². The van der Waals surface area contributed by atoms with Gasteiger partial charge in [0.25, 0.3) is 0 Å². The molecular weight excluding hydrogens is 362 g/mol. The molecule has 1 aromatic heterocycles. The molecule has 0 aliphatic rings. The maximum absolute atomic E-state index is 10.8. The number of aliphatic carboxylic acids is 1. The monoisotopic (exact) mass is 383 g/mol. The second-order valence-electron chi connectivity index (χ2n) is 6.07. The number of nitrogens with zero attached hydrogens (tertiary/aromatic N) is 3. The molecule has 1 N–H and O–H groups in total. The van der Waals surface area contributed by atoms with E-state index in [0.717, 1.165) is 16.9 Å². The summed E-state index contributed by atoms with van der Waals surface area (Å²) in [5, 5.41) is 18.1. The Bertz CT molecular complexity index is 896. The van der Waals surface area contributed by atoms with Crippen molar-refractivity contribution < 1.29 is 14.6 Å². The van der Waals surface area contributed by atoms with Crippen molar-refractivity contribution in [2.24, 2.45) is 0 Å². The van der Waals surface area contributed by atoms with E-state index in [1.54, 1.807) is 0 Å². The van der Waals surface area contributed by atoms with Gasteiger partial charge in [0, 0.05) is 5.75 Å². The molecule has 0 amide bonds. The van der Waals surface area contributed by atoms with Crippen molar-refractivity contribution >= 4 is 17.7 Å². The first-order chi connectivity index (χ1) is 13.1. The van der Waals surface area contributed by atoms with Crippen LogP contribution in [0.4, 0.5) is 0 Å². The first kappa shape index (κ1) is 19.0. The lowest BCUT2D eigenvalue weighted by molar-refractivity contribution is -0.136. The minimum atomic E-state index is -0.820. The van der Waals surface area contributed by atoms with Crippen LogP contribution in [-0.4, -0.2) is 31.6 Å². The maximum Gasteiger partial charge on any atom is 0.304 e. The third-order valence-corrected chi connectivity index (χ3v) is 4.85. The van der Waals surface area contributed by atoms with Gasteiger partial charge in [0.15, 0.2) is 11.0 Å². The summed E-state index contributed by atoms with van der Waals surface area (Å²) in [4.78, 5) is 10.8. The van der Waals surface area contributed by atoms with Crippen molar-refractivity contribution in [1.82, 2.24) is 14.8 Å². The lowest BCUT2D eigenvalue weighted by Gasteiger charge is -2.11. The van der Waals surface area contributed by atoms with E-state index >= 15 is 0 Å². The van der Waals surface area contributed by atoms with Gasteiger partial charge in [-0.25, -0.2) is 0 Å². The van der Waals surface area contributed by atoms with Gasteiger partial charge in [0.1, 0.15) is 12.4 Å². The molecule has 0 unspecified atom stereocenters. The number of thioether (sulfide) groups is 1. The van der Waals surface area contributed by atoms with Gasteiger partial charge >= 0.3 is 5.97 Å². The fraction of sp³-hybridized carbons (Fsp3) is 0.250. The van der Waals surface area contributed by atoms with Gasteiger partial charge in [-0.2, -0.15) is 0 Å². The Labute approximate surface area is 162 Å². The summed E-state index contributed by atoms with van der Waals surface area (Å²) in [5.74, 6) is 1.11. The number of ether oxygens (including phenoxy) is 1. The van der Waals surface area contributed by atoms with E-state index in [1.807, 2.05) is 66.1 Å². The van der Waals surface area contributed by atoms with Crippen LogP contribution < -0.4 is 4.74 Å². The van der Waals surface area contributed by atoms with E-state index < -0.39 is 5.97 Å². The number of carbonyl (C=O) groups is 1. The molecule has 0 saturated heterocycles. The fourth-order valence-corrected chi connectivity index (χ4v) is 3.42. The second kappa shape index (κ2) is 9.23. The summed E-state index contributed by atoms with van der Waals surface area (Å²) in [6, 6.07) is 17.9. The van der Waals surface area contributed by atoms with Crippen molar-refractivity contribution in [2.45, 2.75) is 31.7 Å². The van der Waals surface area contributed by atoms with Crippen molar-refractivity contribution in [1.29, 1.82) is 0 Å². The van der Waals surface area contributed by atoms with Gasteiger partial charge in [-0.3, -0.25) is 9.36 Å². The average Bonchev–Trinajstić information content (AvgIpc) is 3.02. The van der Waals surface area contributed by atoms with Crippen LogP contribution in [0.5, 0.6) is 5.75 Å². The van der Waals surface area contributed by atoms with Gasteiger partial charge in [-0.05, 0) is 30.2 Å². The first-order valence-electron chi connectivity index (χ1n) is 8.62. The maximum atomic E-state index is 10.8. The molecule has 0 spiro atoms. The quantitative estimate of drug-likeness (QED) is 0.567. The van der Waals surface area contributed by atoms with Gasteiger partial charge in [-0.1, -0.05) is 54.2 Å². The molecule has 0 aliphatic heterocycles. The first-order valence-corrected chi connectivity index (χ1v) is 9.60. The molecule has 6 nitrogen and oxygen atoms in total. The molecule has 27 heavy (non-hydrogen) atoms. The van der Waals surface area contributed by atoms with Crippen LogP contribution in [0.3, 0.4) is 0 Å². The highest BCUT2D eigenvalue weighted by atomic mass is 32.2. The number of benzene rings is 2. The minimum absolute atomic E-state index is 0.0813. The van der Waals surface area contributed by atoms with E-state index in [-0.39, 0.29) is 6.42 Å². The van der Waals surface area contributed by atoms with Gasteiger partial charge < -0.3 is 9.84 Å². The predicted molar refractivity (Wildman–Crippen MR) is 104 cm³/mol. The summed E-state index contributed by atoms with van der Waals surface area (Å²) in [7, 11) is 0. The van der Waals surface area contributed by atoms with Crippen molar-refractivity contribution in [3.05, 3.63) is 71.5 Å². The standard InChI is InChI=1S/C20H21N3O3S/c1-15-6-5-9-17(12-15)26-14-18-21-22-20(27-11-10-19(24)25)23(18)13-16-7-3-2-4-8-16/h2-9,12H,10-11,13-14H2,1H3,(H,24,25). The highest BCUT2D eigenvalue weighted by molar-refractivity contribution is 7.99. The van der Waals surface area contributed by atoms with E-state index in [9.17, 15) is 4.79 Å². The number of hydrogen-bond acceptors (Lipinski definition) is 5. The third kappa shape index (κ3) is 5.59.